The summed E-state index contributed by atoms with van der Waals surface area (Å²) < 4.78 is 8.02. The number of nitrogens with zero attached hydrogens (tertiary/aromatic N) is 3. The monoisotopic (exact) mass is 264 g/mol. The Morgan fingerprint density at radius 2 is 2.17 bits per heavy atom. The fourth-order valence-electron chi connectivity index (χ4n) is 1.78. The van der Waals surface area contributed by atoms with Crippen LogP contribution in [-0.4, -0.2) is 33.0 Å². The summed E-state index contributed by atoms with van der Waals surface area (Å²) in [6.07, 6.45) is 3.48. The summed E-state index contributed by atoms with van der Waals surface area (Å²) in [5.41, 5.74) is 0.987. The molecule has 18 heavy (non-hydrogen) atoms. The van der Waals surface area contributed by atoms with Crippen molar-refractivity contribution in [1.82, 2.24) is 19.7 Å². The average molecular weight is 264 g/mol. The largest absolute Gasteiger partial charge is 0.380 e. The molecule has 1 N–H and O–H groups in total. The minimum atomic E-state index is 0.138. The molecular formula is C12H16N4OS. The average Bonchev–Trinajstić information content (AvgIpc) is 2.79. The topological polar surface area (TPSA) is 55.7 Å². The first-order valence-corrected chi connectivity index (χ1v) is 6.30. The minimum Gasteiger partial charge on any atom is -0.380 e. The van der Waals surface area contributed by atoms with Gasteiger partial charge in [-0.05, 0) is 38.2 Å². The van der Waals surface area contributed by atoms with Gasteiger partial charge in [0.2, 0.25) is 0 Å². The van der Waals surface area contributed by atoms with E-state index in [9.17, 15) is 0 Å². The van der Waals surface area contributed by atoms with E-state index in [1.807, 2.05) is 23.6 Å². The lowest BCUT2D eigenvalue weighted by atomic mass is 10.2. The van der Waals surface area contributed by atoms with E-state index in [-0.39, 0.29) is 6.04 Å². The quantitative estimate of drug-likeness (QED) is 0.843. The zero-order valence-electron chi connectivity index (χ0n) is 10.5. The van der Waals surface area contributed by atoms with Gasteiger partial charge in [0, 0.05) is 24.6 Å². The molecular weight excluding hydrogens is 248 g/mol. The number of hydrogen-bond acceptors (Lipinski definition) is 4. The van der Waals surface area contributed by atoms with Gasteiger partial charge in [-0.25, -0.2) is 0 Å². The highest BCUT2D eigenvalue weighted by molar-refractivity contribution is 7.71. The van der Waals surface area contributed by atoms with E-state index in [0.717, 1.165) is 11.4 Å². The van der Waals surface area contributed by atoms with Crippen molar-refractivity contribution in [3.05, 3.63) is 29.3 Å². The second-order valence-corrected chi connectivity index (χ2v) is 4.35. The molecule has 0 aromatic carbocycles. The zero-order chi connectivity index (χ0) is 13.0. The van der Waals surface area contributed by atoms with E-state index in [1.165, 1.54) is 0 Å². The van der Waals surface area contributed by atoms with E-state index in [0.29, 0.717) is 18.0 Å². The molecule has 2 aromatic heterocycles. The molecule has 0 radical (unpaired) electrons. The Balaban J connectivity index is 2.36. The molecule has 0 aliphatic carbocycles. The van der Waals surface area contributed by atoms with Gasteiger partial charge in [0.1, 0.15) is 0 Å². The molecule has 1 atom stereocenters. The Hall–Kier alpha value is -1.53. The number of nitrogens with one attached hydrogen (secondary N) is 1. The number of rotatable bonds is 5. The Kier molecular flexibility index (Phi) is 4.22. The predicted molar refractivity (Wildman–Crippen MR) is 71.8 cm³/mol. The maximum Gasteiger partial charge on any atom is 0.195 e. The maximum atomic E-state index is 5.44. The number of aromatic amines is 1. The highest BCUT2D eigenvalue weighted by atomic mass is 32.1. The number of hydrogen-bond donors (Lipinski definition) is 1. The van der Waals surface area contributed by atoms with Crippen LogP contribution in [0.2, 0.25) is 0 Å². The lowest BCUT2D eigenvalue weighted by Gasteiger charge is -2.15. The maximum absolute atomic E-state index is 5.44. The third-order valence-electron chi connectivity index (χ3n) is 2.65. The number of aromatic nitrogens is 4. The van der Waals surface area contributed by atoms with Crippen LogP contribution in [0.5, 0.6) is 0 Å². The van der Waals surface area contributed by atoms with Crippen LogP contribution >= 0.6 is 12.2 Å². The van der Waals surface area contributed by atoms with Gasteiger partial charge in [-0.2, -0.15) is 5.10 Å². The van der Waals surface area contributed by atoms with Crippen LogP contribution in [0.15, 0.2) is 24.5 Å². The second-order valence-electron chi connectivity index (χ2n) is 3.97. The summed E-state index contributed by atoms with van der Waals surface area (Å²) in [4.78, 5) is 4.00. The van der Waals surface area contributed by atoms with Crippen LogP contribution in [0.4, 0.5) is 0 Å². The minimum absolute atomic E-state index is 0.138. The summed E-state index contributed by atoms with van der Waals surface area (Å²) in [6.45, 7) is 5.35. The van der Waals surface area contributed by atoms with Crippen molar-refractivity contribution in [1.29, 1.82) is 0 Å². The fourth-order valence-corrected chi connectivity index (χ4v) is 2.09. The third-order valence-corrected chi connectivity index (χ3v) is 2.93. The van der Waals surface area contributed by atoms with Crippen LogP contribution in [0, 0.1) is 4.77 Å². The van der Waals surface area contributed by atoms with Crippen molar-refractivity contribution in [3.8, 4) is 11.4 Å². The van der Waals surface area contributed by atoms with Crippen LogP contribution in [0.25, 0.3) is 11.4 Å². The summed E-state index contributed by atoms with van der Waals surface area (Å²) in [7, 11) is 0. The summed E-state index contributed by atoms with van der Waals surface area (Å²) in [6, 6.07) is 3.96. The van der Waals surface area contributed by atoms with Crippen molar-refractivity contribution < 1.29 is 4.74 Å². The molecule has 0 bridgehead atoms. The van der Waals surface area contributed by atoms with Crippen LogP contribution < -0.4 is 0 Å². The number of pyridine rings is 1. The first-order valence-electron chi connectivity index (χ1n) is 5.89. The normalized spacial score (nSPS) is 12.6. The van der Waals surface area contributed by atoms with Crippen LogP contribution in [-0.2, 0) is 4.74 Å². The van der Waals surface area contributed by atoms with Crippen molar-refractivity contribution in [2.45, 2.75) is 19.9 Å². The van der Waals surface area contributed by atoms with E-state index in [2.05, 4.69) is 22.1 Å². The van der Waals surface area contributed by atoms with Crippen molar-refractivity contribution in [3.63, 3.8) is 0 Å². The van der Waals surface area contributed by atoms with Crippen molar-refractivity contribution >= 4 is 12.2 Å². The van der Waals surface area contributed by atoms with Gasteiger partial charge < -0.3 is 4.74 Å². The number of ether oxygens (including phenoxy) is 1. The van der Waals surface area contributed by atoms with Gasteiger partial charge in [0.25, 0.3) is 0 Å². The standard InChI is InChI=1S/C12H16N4OS/c1-3-17-8-9(2)16-11(14-15-12(16)18)10-4-6-13-7-5-10/h4-7,9H,3,8H2,1-2H3,(H,15,18). The molecule has 96 valence electrons. The van der Waals surface area contributed by atoms with Gasteiger partial charge in [-0.15, -0.1) is 0 Å². The zero-order valence-corrected chi connectivity index (χ0v) is 11.3. The van der Waals surface area contributed by atoms with Gasteiger partial charge in [-0.3, -0.25) is 14.6 Å². The first-order chi connectivity index (χ1) is 8.74. The Labute approximate surface area is 111 Å². The molecule has 2 rings (SSSR count). The molecule has 0 amide bonds. The lowest BCUT2D eigenvalue weighted by Crippen LogP contribution is -2.13. The third kappa shape index (κ3) is 2.65. The van der Waals surface area contributed by atoms with Gasteiger partial charge in [0.05, 0.1) is 12.6 Å². The molecule has 5 nitrogen and oxygen atoms in total. The molecule has 0 aliphatic heterocycles. The highest BCUT2D eigenvalue weighted by Crippen LogP contribution is 2.20. The van der Waals surface area contributed by atoms with Gasteiger partial charge >= 0.3 is 0 Å². The molecule has 0 fully saturated rings. The van der Waals surface area contributed by atoms with E-state index >= 15 is 0 Å². The molecule has 2 heterocycles. The number of H-pyrrole nitrogens is 1. The smallest absolute Gasteiger partial charge is 0.195 e. The van der Waals surface area contributed by atoms with Crippen LogP contribution in [0.1, 0.15) is 19.9 Å². The highest BCUT2D eigenvalue weighted by Gasteiger charge is 2.14. The first kappa shape index (κ1) is 12.9. The Bertz CT molecular complexity index is 549. The molecule has 0 saturated carbocycles. The molecule has 2 aromatic rings. The van der Waals surface area contributed by atoms with Gasteiger partial charge in [-0.1, -0.05) is 0 Å². The van der Waals surface area contributed by atoms with Crippen LogP contribution in [0.3, 0.4) is 0 Å². The molecule has 1 unspecified atom stereocenters. The summed E-state index contributed by atoms with van der Waals surface area (Å²) in [5.74, 6) is 0.814. The fraction of sp³-hybridized carbons (Fsp3) is 0.417. The predicted octanol–water partition coefficient (Wildman–Crippen LogP) is 2.60. The van der Waals surface area contributed by atoms with Crippen molar-refractivity contribution in [2.24, 2.45) is 0 Å². The van der Waals surface area contributed by atoms with Gasteiger partial charge in [0.15, 0.2) is 10.6 Å². The van der Waals surface area contributed by atoms with Crippen molar-refractivity contribution in [2.75, 3.05) is 13.2 Å². The molecule has 0 spiro atoms. The second kappa shape index (κ2) is 5.88. The van der Waals surface area contributed by atoms with E-state index in [1.54, 1.807) is 12.4 Å². The molecule has 0 saturated heterocycles. The Morgan fingerprint density at radius 3 is 2.83 bits per heavy atom. The summed E-state index contributed by atoms with van der Waals surface area (Å²) in [5, 5.41) is 7.11. The lowest BCUT2D eigenvalue weighted by molar-refractivity contribution is 0.119. The summed E-state index contributed by atoms with van der Waals surface area (Å²) >= 11 is 5.27. The Morgan fingerprint density at radius 1 is 1.44 bits per heavy atom. The van der Waals surface area contributed by atoms with E-state index in [4.69, 9.17) is 17.0 Å². The molecule has 6 heteroatoms. The SMILES string of the molecule is CCOCC(C)n1c(-c2ccncc2)n[nH]c1=S. The van der Waals surface area contributed by atoms with E-state index < -0.39 is 0 Å². The molecule has 0 aliphatic rings.